The van der Waals surface area contributed by atoms with Gasteiger partial charge in [-0.1, -0.05) is 17.2 Å². The summed E-state index contributed by atoms with van der Waals surface area (Å²) in [5.41, 5.74) is 1.63. The monoisotopic (exact) mass is 300 g/mol. The molecule has 22 heavy (non-hydrogen) atoms. The van der Waals surface area contributed by atoms with E-state index in [-0.39, 0.29) is 11.5 Å². The van der Waals surface area contributed by atoms with Crippen LogP contribution in [-0.2, 0) is 4.79 Å². The van der Waals surface area contributed by atoms with Crippen LogP contribution in [0.3, 0.4) is 0 Å². The number of rotatable bonds is 3. The molecule has 2 heterocycles. The predicted molar refractivity (Wildman–Crippen MR) is 76.1 cm³/mol. The molecule has 0 amide bonds. The van der Waals surface area contributed by atoms with E-state index in [0.29, 0.717) is 22.8 Å². The van der Waals surface area contributed by atoms with Crippen LogP contribution in [0, 0.1) is 10.1 Å². The molecule has 2 aromatic rings. The van der Waals surface area contributed by atoms with Crippen LogP contribution in [0.15, 0.2) is 35.5 Å². The number of nitro groups is 1. The number of allylic oxidation sites excluding steroid dienone is 2. The largest absolute Gasteiger partial charge is 0.327 e. The summed E-state index contributed by atoms with van der Waals surface area (Å²) in [7, 11) is 0. The molecule has 0 radical (unpaired) electrons. The minimum absolute atomic E-state index is 0.0498. The maximum atomic E-state index is 12.0. The number of carbonyl (C=O) groups is 1. The first-order chi connectivity index (χ1) is 10.5. The minimum atomic E-state index is -0.594. The number of benzene rings is 1. The number of nitrogens with zero attached hydrogens (tertiary/aromatic N) is 5. The lowest BCUT2D eigenvalue weighted by molar-refractivity contribution is -0.384. The average Bonchev–Trinajstić information content (AvgIpc) is 2.93. The van der Waals surface area contributed by atoms with E-state index in [1.165, 1.54) is 23.7 Å². The highest BCUT2D eigenvalue weighted by molar-refractivity contribution is 5.96. The van der Waals surface area contributed by atoms with Crippen LogP contribution in [0.2, 0.25) is 0 Å². The van der Waals surface area contributed by atoms with Crippen LogP contribution in [-0.4, -0.2) is 30.9 Å². The van der Waals surface area contributed by atoms with Gasteiger partial charge < -0.3 is 5.32 Å². The number of fused-ring (bicyclic) bond motifs is 1. The Morgan fingerprint density at radius 3 is 2.91 bits per heavy atom. The van der Waals surface area contributed by atoms with Crippen molar-refractivity contribution in [2.75, 3.05) is 5.32 Å². The van der Waals surface area contributed by atoms with Crippen molar-refractivity contribution < 1.29 is 9.72 Å². The number of non-ortho nitro benzene ring substituents is 1. The number of tetrazole rings is 1. The standard InChI is InChI=1S/C13H12N6O3/c1-7-11(8(2)20)12(18-13(14-7)15-16-17-18)9-4-3-5-10(6-9)19(21)22/h3-6,12H,1-2H3,(H,14,15,17)/t12-/m0/s1. The van der Waals surface area contributed by atoms with Gasteiger partial charge in [0.2, 0.25) is 5.95 Å². The third-order valence-corrected chi connectivity index (χ3v) is 3.49. The predicted octanol–water partition coefficient (Wildman–Crippen LogP) is 1.46. The number of hydrogen-bond acceptors (Lipinski definition) is 7. The first-order valence-electron chi connectivity index (χ1n) is 6.50. The fourth-order valence-electron chi connectivity index (χ4n) is 2.59. The fourth-order valence-corrected chi connectivity index (χ4v) is 2.59. The molecule has 1 aliphatic heterocycles. The Labute approximate surface area is 124 Å². The van der Waals surface area contributed by atoms with Crippen molar-refractivity contribution in [3.63, 3.8) is 0 Å². The summed E-state index contributed by atoms with van der Waals surface area (Å²) in [5, 5.41) is 25.3. The molecule has 0 fully saturated rings. The SMILES string of the molecule is CC(=O)C1=C(C)Nc2nnnn2[C@H]1c1cccc([N+](=O)[O-])c1. The van der Waals surface area contributed by atoms with Crippen LogP contribution < -0.4 is 5.32 Å². The Morgan fingerprint density at radius 1 is 1.45 bits per heavy atom. The van der Waals surface area contributed by atoms with Crippen molar-refractivity contribution in [1.82, 2.24) is 20.2 Å². The van der Waals surface area contributed by atoms with E-state index in [4.69, 9.17) is 0 Å². The summed E-state index contributed by atoms with van der Waals surface area (Å²) in [6.07, 6.45) is 0. The number of Topliss-reactive ketones (excluding diaryl/α,β-unsaturated/α-hetero) is 1. The first kappa shape index (κ1) is 13.9. The lowest BCUT2D eigenvalue weighted by atomic mass is 9.93. The quantitative estimate of drug-likeness (QED) is 0.673. The van der Waals surface area contributed by atoms with Crippen LogP contribution in [0.25, 0.3) is 0 Å². The highest BCUT2D eigenvalue weighted by atomic mass is 16.6. The second-order valence-electron chi connectivity index (χ2n) is 4.92. The molecule has 1 aromatic heterocycles. The molecular formula is C13H12N6O3. The van der Waals surface area contributed by atoms with Crippen LogP contribution in [0.5, 0.6) is 0 Å². The van der Waals surface area contributed by atoms with Gasteiger partial charge in [0.15, 0.2) is 5.78 Å². The van der Waals surface area contributed by atoms with E-state index in [0.717, 1.165) is 0 Å². The molecule has 3 rings (SSSR count). The Hall–Kier alpha value is -3.10. The number of ketones is 1. The minimum Gasteiger partial charge on any atom is -0.327 e. The van der Waals surface area contributed by atoms with E-state index in [2.05, 4.69) is 20.8 Å². The molecule has 0 saturated heterocycles. The molecule has 9 nitrogen and oxygen atoms in total. The molecule has 9 heteroatoms. The van der Waals surface area contributed by atoms with Crippen molar-refractivity contribution in [2.24, 2.45) is 0 Å². The van der Waals surface area contributed by atoms with E-state index in [1.54, 1.807) is 19.1 Å². The Bertz CT molecular complexity index is 810. The summed E-state index contributed by atoms with van der Waals surface area (Å²) in [4.78, 5) is 22.5. The fraction of sp³-hybridized carbons (Fsp3) is 0.231. The van der Waals surface area contributed by atoms with E-state index >= 15 is 0 Å². The number of aromatic nitrogens is 4. The van der Waals surface area contributed by atoms with Gasteiger partial charge >= 0.3 is 0 Å². The van der Waals surface area contributed by atoms with Crippen molar-refractivity contribution in [3.05, 3.63) is 51.2 Å². The van der Waals surface area contributed by atoms with Gasteiger partial charge in [0, 0.05) is 23.4 Å². The molecule has 0 saturated carbocycles. The van der Waals surface area contributed by atoms with Crippen LogP contribution in [0.1, 0.15) is 25.5 Å². The molecule has 0 unspecified atom stereocenters. The van der Waals surface area contributed by atoms with Crippen molar-refractivity contribution in [1.29, 1.82) is 0 Å². The normalized spacial score (nSPS) is 16.9. The Balaban J connectivity index is 2.20. The van der Waals surface area contributed by atoms with Gasteiger partial charge in [-0.2, -0.15) is 4.68 Å². The van der Waals surface area contributed by atoms with Gasteiger partial charge in [-0.15, -0.1) is 0 Å². The summed E-state index contributed by atoms with van der Waals surface area (Å²) in [5.74, 6) is 0.238. The van der Waals surface area contributed by atoms with E-state index in [1.807, 2.05) is 0 Å². The highest BCUT2D eigenvalue weighted by Crippen LogP contribution is 2.35. The maximum absolute atomic E-state index is 12.0. The van der Waals surface area contributed by atoms with Crippen LogP contribution >= 0.6 is 0 Å². The number of nitro benzene ring substituents is 1. The number of anilines is 1. The van der Waals surface area contributed by atoms with Gasteiger partial charge in [-0.3, -0.25) is 14.9 Å². The van der Waals surface area contributed by atoms with Crippen LogP contribution in [0.4, 0.5) is 11.6 Å². The van der Waals surface area contributed by atoms with Crippen molar-refractivity contribution in [2.45, 2.75) is 19.9 Å². The molecule has 0 spiro atoms. The molecule has 1 atom stereocenters. The zero-order valence-electron chi connectivity index (χ0n) is 11.8. The topological polar surface area (TPSA) is 116 Å². The number of carbonyl (C=O) groups excluding carboxylic acids is 1. The second kappa shape index (κ2) is 5.02. The summed E-state index contributed by atoms with van der Waals surface area (Å²) in [6.45, 7) is 3.19. The van der Waals surface area contributed by atoms with Crippen molar-refractivity contribution in [3.8, 4) is 0 Å². The number of hydrogen-bond donors (Lipinski definition) is 1. The van der Waals surface area contributed by atoms with E-state index in [9.17, 15) is 14.9 Å². The molecular weight excluding hydrogens is 288 g/mol. The zero-order valence-corrected chi connectivity index (χ0v) is 11.8. The van der Waals surface area contributed by atoms with Crippen molar-refractivity contribution >= 4 is 17.4 Å². The molecule has 112 valence electrons. The summed E-state index contributed by atoms with van der Waals surface area (Å²) in [6, 6.07) is 5.52. The van der Waals surface area contributed by atoms with Gasteiger partial charge in [0.05, 0.1) is 4.92 Å². The summed E-state index contributed by atoms with van der Waals surface area (Å²) < 4.78 is 1.45. The highest BCUT2D eigenvalue weighted by Gasteiger charge is 2.32. The zero-order chi connectivity index (χ0) is 15.9. The first-order valence-corrected chi connectivity index (χ1v) is 6.50. The third kappa shape index (κ3) is 2.12. The van der Waals surface area contributed by atoms with Gasteiger partial charge in [0.25, 0.3) is 5.69 Å². The number of nitrogens with one attached hydrogen (secondary N) is 1. The lowest BCUT2D eigenvalue weighted by Crippen LogP contribution is -2.27. The Morgan fingerprint density at radius 2 is 2.23 bits per heavy atom. The van der Waals surface area contributed by atoms with Gasteiger partial charge in [-0.25, -0.2) is 0 Å². The maximum Gasteiger partial charge on any atom is 0.269 e. The van der Waals surface area contributed by atoms with Gasteiger partial charge in [-0.05, 0) is 29.8 Å². The molecule has 1 aromatic carbocycles. The molecule has 1 N–H and O–H groups in total. The van der Waals surface area contributed by atoms with Gasteiger partial charge in [0.1, 0.15) is 6.04 Å². The summed E-state index contributed by atoms with van der Waals surface area (Å²) >= 11 is 0. The molecule has 0 bridgehead atoms. The third-order valence-electron chi connectivity index (χ3n) is 3.49. The van der Waals surface area contributed by atoms with E-state index < -0.39 is 11.0 Å². The average molecular weight is 300 g/mol. The Kier molecular flexibility index (Phi) is 3.17. The molecule has 0 aliphatic carbocycles. The molecule has 1 aliphatic rings. The second-order valence-corrected chi connectivity index (χ2v) is 4.92. The smallest absolute Gasteiger partial charge is 0.269 e. The lowest BCUT2D eigenvalue weighted by Gasteiger charge is -2.27.